The number of nitro groups is 1. The van der Waals surface area contributed by atoms with Gasteiger partial charge in [0.15, 0.2) is 12.4 Å². The van der Waals surface area contributed by atoms with Gasteiger partial charge in [0.1, 0.15) is 5.78 Å². The van der Waals surface area contributed by atoms with Crippen LogP contribution in [0.3, 0.4) is 0 Å². The van der Waals surface area contributed by atoms with E-state index in [1.165, 1.54) is 37.7 Å². The Morgan fingerprint density at radius 3 is 2.43 bits per heavy atom. The summed E-state index contributed by atoms with van der Waals surface area (Å²) >= 11 is 0. The fourth-order valence-electron chi connectivity index (χ4n) is 4.84. The van der Waals surface area contributed by atoms with Crippen LogP contribution in [0.15, 0.2) is 24.3 Å². The molecule has 2 saturated carbocycles. The number of ether oxygens (including phenoxy) is 1. The van der Waals surface area contributed by atoms with E-state index in [-0.39, 0.29) is 36.9 Å². The van der Waals surface area contributed by atoms with Crippen molar-refractivity contribution in [2.75, 3.05) is 13.2 Å². The Morgan fingerprint density at radius 1 is 1.13 bits per heavy atom. The smallest absolute Gasteiger partial charge is 0.306 e. The number of carbonyl (C=O) groups excluding carboxylic acids is 3. The molecule has 162 valence electrons. The molecule has 1 aromatic rings. The van der Waals surface area contributed by atoms with E-state index >= 15 is 0 Å². The van der Waals surface area contributed by atoms with Crippen molar-refractivity contribution in [3.8, 4) is 0 Å². The summed E-state index contributed by atoms with van der Waals surface area (Å²) in [6.07, 6.45) is 6.16. The molecule has 3 atom stereocenters. The van der Waals surface area contributed by atoms with Crippen LogP contribution in [0.2, 0.25) is 0 Å². The number of nitrogens with zero attached hydrogens (tertiary/aromatic N) is 1. The van der Waals surface area contributed by atoms with Gasteiger partial charge in [0.25, 0.3) is 0 Å². The molecule has 0 radical (unpaired) electrons. The van der Waals surface area contributed by atoms with E-state index in [1.54, 1.807) is 19.1 Å². The highest BCUT2D eigenvalue weighted by Gasteiger charge is 2.44. The first-order valence-electron chi connectivity index (χ1n) is 10.8. The van der Waals surface area contributed by atoms with E-state index in [0.717, 1.165) is 0 Å². The third-order valence-corrected chi connectivity index (χ3v) is 6.60. The molecule has 7 nitrogen and oxygen atoms in total. The Labute approximate surface area is 176 Å². The Bertz CT molecular complexity index is 796. The van der Waals surface area contributed by atoms with Crippen molar-refractivity contribution in [2.45, 2.75) is 57.8 Å². The molecule has 0 spiro atoms. The van der Waals surface area contributed by atoms with Crippen LogP contribution in [-0.4, -0.2) is 35.6 Å². The molecule has 2 aliphatic rings. The first-order chi connectivity index (χ1) is 14.3. The van der Waals surface area contributed by atoms with Crippen molar-refractivity contribution in [1.29, 1.82) is 0 Å². The number of carbonyl (C=O) groups is 3. The molecule has 7 heteroatoms. The molecule has 1 aromatic carbocycles. The predicted octanol–water partition coefficient (Wildman–Crippen LogP) is 3.97. The molecule has 0 aromatic heterocycles. The minimum Gasteiger partial charge on any atom is -0.457 e. The summed E-state index contributed by atoms with van der Waals surface area (Å²) in [5.41, 5.74) is 1.73. The standard InChI is InChI=1S/C23H29NO6/c1-15-11-21(25)19(20(15)13-24(28)29)12-23(27)30-14-22(26)18-9-7-17(8-10-18)16-5-3-2-4-6-16/h7-10,15-16,19-20H,2-6,11-14H2,1H3/t15-,19+,20-/m1/s1. The van der Waals surface area contributed by atoms with Gasteiger partial charge in [0.2, 0.25) is 6.54 Å². The summed E-state index contributed by atoms with van der Waals surface area (Å²) in [4.78, 5) is 47.1. The molecule has 0 saturated heterocycles. The maximum Gasteiger partial charge on any atom is 0.306 e. The Morgan fingerprint density at radius 2 is 1.80 bits per heavy atom. The summed E-state index contributed by atoms with van der Waals surface area (Å²) in [5.74, 6) is -1.86. The van der Waals surface area contributed by atoms with Crippen molar-refractivity contribution >= 4 is 17.5 Å². The van der Waals surface area contributed by atoms with Crippen molar-refractivity contribution in [2.24, 2.45) is 17.8 Å². The zero-order valence-electron chi connectivity index (χ0n) is 17.4. The van der Waals surface area contributed by atoms with Crippen LogP contribution < -0.4 is 0 Å². The summed E-state index contributed by atoms with van der Waals surface area (Å²) < 4.78 is 5.09. The van der Waals surface area contributed by atoms with Gasteiger partial charge in [-0.3, -0.25) is 24.5 Å². The molecule has 2 aliphatic carbocycles. The van der Waals surface area contributed by atoms with Gasteiger partial charge in [-0.2, -0.15) is 0 Å². The lowest BCUT2D eigenvalue weighted by Gasteiger charge is -2.22. The minimum absolute atomic E-state index is 0.134. The van der Waals surface area contributed by atoms with E-state index in [4.69, 9.17) is 4.74 Å². The average Bonchev–Trinajstić information content (AvgIpc) is 2.99. The number of ketones is 2. The molecule has 0 aliphatic heterocycles. The van der Waals surface area contributed by atoms with E-state index in [1.807, 2.05) is 12.1 Å². The Balaban J connectivity index is 1.50. The summed E-state index contributed by atoms with van der Waals surface area (Å²) in [6, 6.07) is 7.50. The Hall–Kier alpha value is -2.57. The number of Topliss-reactive ketones (excluding diaryl/α,β-unsaturated/α-hetero) is 2. The van der Waals surface area contributed by atoms with Crippen LogP contribution in [0.1, 0.15) is 73.7 Å². The molecule has 0 unspecified atom stereocenters. The zero-order valence-corrected chi connectivity index (χ0v) is 17.4. The van der Waals surface area contributed by atoms with Gasteiger partial charge in [0.05, 0.1) is 6.42 Å². The molecule has 0 bridgehead atoms. The Kier molecular flexibility index (Phi) is 7.34. The average molecular weight is 415 g/mol. The molecule has 3 rings (SSSR count). The second-order valence-corrected chi connectivity index (χ2v) is 8.68. The minimum atomic E-state index is -0.706. The van der Waals surface area contributed by atoms with Crippen LogP contribution in [0.4, 0.5) is 0 Å². The second kappa shape index (κ2) is 9.96. The monoisotopic (exact) mass is 415 g/mol. The highest BCUT2D eigenvalue weighted by Crippen LogP contribution is 2.36. The molecule has 30 heavy (non-hydrogen) atoms. The molecular formula is C23H29NO6. The first-order valence-corrected chi connectivity index (χ1v) is 10.8. The fourth-order valence-corrected chi connectivity index (χ4v) is 4.84. The van der Waals surface area contributed by atoms with E-state index in [0.29, 0.717) is 11.5 Å². The van der Waals surface area contributed by atoms with Gasteiger partial charge in [-0.05, 0) is 30.2 Å². The molecule has 2 fully saturated rings. The highest BCUT2D eigenvalue weighted by atomic mass is 16.6. The predicted molar refractivity (Wildman–Crippen MR) is 110 cm³/mol. The van der Waals surface area contributed by atoms with Crippen molar-refractivity contribution in [3.63, 3.8) is 0 Å². The quantitative estimate of drug-likeness (QED) is 0.275. The summed E-state index contributed by atoms with van der Waals surface area (Å²) in [6.45, 7) is 1.06. The lowest BCUT2D eigenvalue weighted by Crippen LogP contribution is -2.28. The van der Waals surface area contributed by atoms with Crippen LogP contribution in [0.25, 0.3) is 0 Å². The van der Waals surface area contributed by atoms with Gasteiger partial charge < -0.3 is 4.74 Å². The maximum atomic E-state index is 12.4. The summed E-state index contributed by atoms with van der Waals surface area (Å²) in [7, 11) is 0. The van der Waals surface area contributed by atoms with Crippen LogP contribution >= 0.6 is 0 Å². The molecular weight excluding hydrogens is 386 g/mol. The van der Waals surface area contributed by atoms with Gasteiger partial charge in [-0.15, -0.1) is 0 Å². The van der Waals surface area contributed by atoms with Gasteiger partial charge in [0, 0.05) is 28.7 Å². The van der Waals surface area contributed by atoms with Gasteiger partial charge in [-0.1, -0.05) is 50.5 Å². The van der Waals surface area contributed by atoms with Crippen LogP contribution in [-0.2, 0) is 14.3 Å². The third kappa shape index (κ3) is 5.52. The van der Waals surface area contributed by atoms with Crippen molar-refractivity contribution in [3.05, 3.63) is 45.5 Å². The number of esters is 1. The fraction of sp³-hybridized carbons (Fsp3) is 0.609. The van der Waals surface area contributed by atoms with Crippen LogP contribution in [0.5, 0.6) is 0 Å². The van der Waals surface area contributed by atoms with Crippen LogP contribution in [0, 0.1) is 27.9 Å². The number of hydrogen-bond acceptors (Lipinski definition) is 6. The maximum absolute atomic E-state index is 12.4. The van der Waals surface area contributed by atoms with E-state index < -0.39 is 29.3 Å². The molecule has 0 amide bonds. The van der Waals surface area contributed by atoms with Crippen molar-refractivity contribution in [1.82, 2.24) is 0 Å². The van der Waals surface area contributed by atoms with E-state index in [2.05, 4.69) is 0 Å². The number of rotatable bonds is 8. The van der Waals surface area contributed by atoms with Gasteiger partial charge >= 0.3 is 5.97 Å². The normalized spacial score (nSPS) is 24.6. The largest absolute Gasteiger partial charge is 0.457 e. The summed E-state index contributed by atoms with van der Waals surface area (Å²) in [5, 5.41) is 10.9. The SMILES string of the molecule is C[C@@H]1CC(=O)[C@@H](CC(=O)OCC(=O)c2ccc(C3CCCCC3)cc2)[C@@H]1C[N+](=O)[O-]. The lowest BCUT2D eigenvalue weighted by molar-refractivity contribution is -0.490. The molecule has 0 N–H and O–H groups in total. The lowest BCUT2D eigenvalue weighted by atomic mass is 9.84. The second-order valence-electron chi connectivity index (χ2n) is 8.68. The topological polar surface area (TPSA) is 104 Å². The number of benzene rings is 1. The molecule has 0 heterocycles. The zero-order chi connectivity index (χ0) is 21.7. The van der Waals surface area contributed by atoms with E-state index in [9.17, 15) is 24.5 Å². The highest BCUT2D eigenvalue weighted by molar-refractivity contribution is 5.98. The number of hydrogen-bond donors (Lipinski definition) is 0. The first kappa shape index (κ1) is 22.1. The third-order valence-electron chi connectivity index (χ3n) is 6.60. The van der Waals surface area contributed by atoms with Gasteiger partial charge in [-0.25, -0.2) is 0 Å². The van der Waals surface area contributed by atoms with Crippen molar-refractivity contribution < 1.29 is 24.0 Å².